The summed E-state index contributed by atoms with van der Waals surface area (Å²) < 4.78 is 14.7. The second-order valence-corrected chi connectivity index (χ2v) is 5.95. The molecule has 3 nitrogen and oxygen atoms in total. The lowest BCUT2D eigenvalue weighted by atomic mass is 10.0. The summed E-state index contributed by atoms with van der Waals surface area (Å²) in [4.78, 5) is 8.37. The molecule has 1 rings (SSSR count). The van der Waals surface area contributed by atoms with Crippen LogP contribution in [0.3, 0.4) is 0 Å². The van der Waals surface area contributed by atoms with E-state index in [0.29, 0.717) is 5.25 Å². The first-order valence-corrected chi connectivity index (χ1v) is 7.42. The summed E-state index contributed by atoms with van der Waals surface area (Å²) in [5.41, 5.74) is 0. The summed E-state index contributed by atoms with van der Waals surface area (Å²) in [6.07, 6.45) is 6.33. The predicted octanol–water partition coefficient (Wildman–Crippen LogP) is 3.01. The fourth-order valence-corrected chi connectivity index (χ4v) is 4.08. The monoisotopic (exact) mass is 228 g/mol. The molecule has 0 aliphatic heterocycles. The van der Waals surface area contributed by atoms with Crippen molar-refractivity contribution < 1.29 is 13.4 Å². The molecule has 12 heavy (non-hydrogen) atoms. The first-order valence-electron chi connectivity index (χ1n) is 4.02. The number of hydrogen-bond acceptors (Lipinski definition) is 4. The van der Waals surface area contributed by atoms with Crippen molar-refractivity contribution in [2.24, 2.45) is 0 Å². The van der Waals surface area contributed by atoms with Crippen molar-refractivity contribution in [3.63, 3.8) is 0 Å². The molecule has 6 heteroatoms. The van der Waals surface area contributed by atoms with E-state index in [1.54, 1.807) is 10.8 Å². The zero-order valence-corrected chi connectivity index (χ0v) is 9.33. The average Bonchev–Trinajstić information content (AvgIpc) is 2.05. The quantitative estimate of drug-likeness (QED) is 0.455. The molecule has 0 aromatic rings. The van der Waals surface area contributed by atoms with Gasteiger partial charge in [-0.15, -0.1) is 0 Å². The van der Waals surface area contributed by atoms with Crippen LogP contribution in [0.4, 0.5) is 0 Å². The maximum absolute atomic E-state index is 10.2. The van der Waals surface area contributed by atoms with Crippen LogP contribution in [-0.2, 0) is 8.54 Å². The lowest BCUT2D eigenvalue weighted by Crippen LogP contribution is -2.06. The van der Waals surface area contributed by atoms with Crippen molar-refractivity contribution in [1.82, 2.24) is 0 Å². The maximum atomic E-state index is 10.2. The van der Waals surface area contributed by atoms with Gasteiger partial charge in [0.1, 0.15) is 0 Å². The Hall–Kier alpha value is 0.850. The van der Waals surface area contributed by atoms with Gasteiger partial charge in [-0.3, -0.25) is 4.57 Å². The van der Waals surface area contributed by atoms with Gasteiger partial charge in [0, 0.05) is 5.25 Å². The third-order valence-corrected chi connectivity index (χ3v) is 5.16. The van der Waals surface area contributed by atoms with Crippen molar-refractivity contribution in [2.75, 3.05) is 0 Å². The maximum Gasteiger partial charge on any atom is 0.328 e. The summed E-state index contributed by atoms with van der Waals surface area (Å²) in [7, 11) is -1.16. The molecule has 1 atom stereocenters. The molecule has 0 spiro atoms. The second kappa shape index (κ2) is 6.33. The van der Waals surface area contributed by atoms with Crippen LogP contribution in [0.15, 0.2) is 0 Å². The molecule has 0 bridgehead atoms. The Morgan fingerprint density at radius 3 is 2.58 bits per heavy atom. The summed E-state index contributed by atoms with van der Waals surface area (Å²) >= 11 is 1.07. The van der Waals surface area contributed by atoms with E-state index in [-0.39, 0.29) is 0 Å². The highest BCUT2D eigenvalue weighted by atomic mass is 33.1. The van der Waals surface area contributed by atoms with E-state index in [1.165, 1.54) is 32.1 Å². The standard InChI is InChI=1S/C6H13O3PS2/c7-10(8)9-12-11-6-4-2-1-3-5-6/h6,10H,1-5H2,(H,7,8). The number of hydrogen-bond donors (Lipinski definition) is 1. The highest BCUT2D eigenvalue weighted by molar-refractivity contribution is 8.75. The molecule has 0 radical (unpaired) electrons. The van der Waals surface area contributed by atoms with Gasteiger partial charge in [0.05, 0.1) is 11.1 Å². The summed E-state index contributed by atoms with van der Waals surface area (Å²) in [6.45, 7) is 0. The molecule has 0 aromatic heterocycles. The molecule has 1 N–H and O–H groups in total. The lowest BCUT2D eigenvalue weighted by molar-refractivity contribution is 0.434. The Balaban J connectivity index is 2.01. The Morgan fingerprint density at radius 2 is 2.00 bits per heavy atom. The molecule has 0 saturated heterocycles. The fraction of sp³-hybridized carbons (Fsp3) is 1.00. The Kier molecular flexibility index (Phi) is 5.76. The van der Waals surface area contributed by atoms with Gasteiger partial charge in [-0.05, 0) is 12.8 Å². The van der Waals surface area contributed by atoms with Crippen LogP contribution in [0.5, 0.6) is 0 Å². The van der Waals surface area contributed by atoms with Gasteiger partial charge >= 0.3 is 8.25 Å². The van der Waals surface area contributed by atoms with Crippen LogP contribution in [-0.4, -0.2) is 10.1 Å². The minimum absolute atomic E-state index is 0.616. The Bertz CT molecular complexity index is 150. The molecular formula is C6H13O3PS2. The topological polar surface area (TPSA) is 46.5 Å². The van der Waals surface area contributed by atoms with Crippen LogP contribution in [0.25, 0.3) is 0 Å². The highest BCUT2D eigenvalue weighted by Crippen LogP contribution is 2.40. The zero-order chi connectivity index (χ0) is 8.81. The lowest BCUT2D eigenvalue weighted by Gasteiger charge is -2.19. The molecule has 72 valence electrons. The van der Waals surface area contributed by atoms with Crippen molar-refractivity contribution in [3.8, 4) is 0 Å². The van der Waals surface area contributed by atoms with Crippen molar-refractivity contribution in [3.05, 3.63) is 0 Å². The normalized spacial score (nSPS) is 22.4. The minimum Gasteiger partial charge on any atom is -0.326 e. The highest BCUT2D eigenvalue weighted by Gasteiger charge is 2.14. The first-order chi connectivity index (χ1) is 5.79. The van der Waals surface area contributed by atoms with Crippen LogP contribution in [0.1, 0.15) is 32.1 Å². The molecule has 1 saturated carbocycles. The fourth-order valence-electron chi connectivity index (χ4n) is 1.27. The molecule has 0 amide bonds. The summed E-state index contributed by atoms with van der Waals surface area (Å²) in [5.74, 6) is 0. The van der Waals surface area contributed by atoms with Crippen LogP contribution in [0.2, 0.25) is 0 Å². The molecule has 0 heterocycles. The summed E-state index contributed by atoms with van der Waals surface area (Å²) in [5, 5.41) is 0.616. The van der Waals surface area contributed by atoms with Crippen LogP contribution in [0, 0.1) is 0 Å². The van der Waals surface area contributed by atoms with Gasteiger partial charge in [0.15, 0.2) is 0 Å². The van der Waals surface area contributed by atoms with Gasteiger partial charge < -0.3 is 4.89 Å². The Morgan fingerprint density at radius 1 is 1.33 bits per heavy atom. The zero-order valence-electron chi connectivity index (χ0n) is 6.69. The molecule has 1 aliphatic carbocycles. The van der Waals surface area contributed by atoms with E-state index in [0.717, 1.165) is 11.1 Å². The minimum atomic E-state index is -2.74. The average molecular weight is 228 g/mol. The van der Waals surface area contributed by atoms with Gasteiger partial charge in [-0.1, -0.05) is 30.1 Å². The smallest absolute Gasteiger partial charge is 0.326 e. The predicted molar refractivity (Wildman–Crippen MR) is 54.4 cm³/mol. The SMILES string of the molecule is O=[PH](O)OSSC1CCCCC1. The van der Waals surface area contributed by atoms with Gasteiger partial charge in [-0.25, -0.2) is 3.97 Å². The third-order valence-electron chi connectivity index (χ3n) is 1.83. The van der Waals surface area contributed by atoms with Gasteiger partial charge in [0.2, 0.25) is 0 Å². The Labute approximate surface area is 81.2 Å². The molecule has 1 aliphatic rings. The van der Waals surface area contributed by atoms with E-state index in [2.05, 4.69) is 3.97 Å². The van der Waals surface area contributed by atoms with E-state index < -0.39 is 8.25 Å². The molecule has 0 aromatic carbocycles. The van der Waals surface area contributed by atoms with Crippen molar-refractivity contribution in [1.29, 1.82) is 0 Å². The van der Waals surface area contributed by atoms with E-state index >= 15 is 0 Å². The third kappa shape index (κ3) is 4.77. The largest absolute Gasteiger partial charge is 0.328 e. The first kappa shape index (κ1) is 10.9. The summed E-state index contributed by atoms with van der Waals surface area (Å²) in [6, 6.07) is 0. The molecular weight excluding hydrogens is 215 g/mol. The number of rotatable bonds is 4. The molecule has 1 unspecified atom stereocenters. The van der Waals surface area contributed by atoms with E-state index in [9.17, 15) is 4.57 Å². The van der Waals surface area contributed by atoms with Gasteiger partial charge in [0.25, 0.3) is 0 Å². The van der Waals surface area contributed by atoms with Crippen LogP contribution >= 0.6 is 30.1 Å². The van der Waals surface area contributed by atoms with Crippen molar-refractivity contribution in [2.45, 2.75) is 37.4 Å². The van der Waals surface area contributed by atoms with Gasteiger partial charge in [-0.2, -0.15) is 0 Å². The molecule has 1 fully saturated rings. The van der Waals surface area contributed by atoms with Crippen molar-refractivity contribution >= 4 is 30.1 Å². The van der Waals surface area contributed by atoms with Crippen LogP contribution < -0.4 is 0 Å². The van der Waals surface area contributed by atoms with E-state index in [1.807, 2.05) is 0 Å². The van der Waals surface area contributed by atoms with E-state index in [4.69, 9.17) is 4.89 Å². The second-order valence-electron chi connectivity index (χ2n) is 2.77.